The van der Waals surface area contributed by atoms with Crippen LogP contribution in [-0.2, 0) is 4.79 Å². The van der Waals surface area contributed by atoms with Crippen molar-refractivity contribution in [2.45, 2.75) is 12.8 Å². The third-order valence-corrected chi connectivity index (χ3v) is 4.35. The van der Waals surface area contributed by atoms with E-state index in [1.165, 1.54) is 0 Å². The number of anilines is 1. The fourth-order valence-corrected chi connectivity index (χ4v) is 3.01. The number of rotatable bonds is 2. The van der Waals surface area contributed by atoms with Crippen LogP contribution in [0.4, 0.5) is 5.82 Å². The Morgan fingerprint density at radius 3 is 2.62 bits per heavy atom. The summed E-state index contributed by atoms with van der Waals surface area (Å²) in [5.41, 5.74) is 7.16. The Kier molecular flexibility index (Phi) is 3.94. The lowest BCUT2D eigenvalue weighted by Crippen LogP contribution is -2.27. The smallest absolute Gasteiger partial charge is 0.335 e. The molecular formula is C15H13ClN4O3S. The Balaban J connectivity index is 2.35. The lowest BCUT2D eigenvalue weighted by atomic mass is 9.83. The van der Waals surface area contributed by atoms with Crippen LogP contribution >= 0.6 is 23.8 Å². The maximum Gasteiger partial charge on any atom is 0.335 e. The number of hydrogen-bond acceptors (Lipinski definition) is 6. The van der Waals surface area contributed by atoms with Crippen LogP contribution in [-0.4, -0.2) is 20.7 Å². The molecule has 1 aliphatic rings. The van der Waals surface area contributed by atoms with Crippen LogP contribution in [0.15, 0.2) is 35.6 Å². The van der Waals surface area contributed by atoms with Gasteiger partial charge in [0.25, 0.3) is 0 Å². The highest BCUT2D eigenvalue weighted by Crippen LogP contribution is 2.44. The topological polar surface area (TPSA) is 116 Å². The molecule has 0 aliphatic carbocycles. The number of fused-ring (bicyclic) bond motifs is 1. The van der Waals surface area contributed by atoms with E-state index in [9.17, 15) is 9.90 Å². The fraction of sp³-hybridized carbons (Fsp3) is 0.133. The molecule has 124 valence electrons. The molecule has 1 atom stereocenters. The first-order valence-corrected chi connectivity index (χ1v) is 7.64. The number of nitrogens with zero attached hydrogens (tertiary/aromatic N) is 2. The molecule has 1 unspecified atom stereocenters. The van der Waals surface area contributed by atoms with Gasteiger partial charge in [-0.2, -0.15) is 4.98 Å². The fourth-order valence-electron chi connectivity index (χ4n) is 2.70. The highest BCUT2D eigenvalue weighted by molar-refractivity contribution is 7.71. The molecule has 3 rings (SSSR count). The number of hydrogen-bond donors (Lipinski definition) is 3. The molecule has 9 heteroatoms. The number of halogens is 1. The molecule has 2 aromatic rings. The van der Waals surface area contributed by atoms with Crippen molar-refractivity contribution in [3.8, 4) is 5.88 Å². The van der Waals surface area contributed by atoms with Crippen molar-refractivity contribution in [2.75, 3.05) is 11.6 Å². The lowest BCUT2D eigenvalue weighted by Gasteiger charge is -2.28. The second kappa shape index (κ2) is 5.81. The molecule has 2 heterocycles. The van der Waals surface area contributed by atoms with E-state index in [0.717, 1.165) is 4.68 Å². The van der Waals surface area contributed by atoms with Gasteiger partial charge < -0.3 is 21.4 Å². The van der Waals surface area contributed by atoms with Crippen LogP contribution in [0.1, 0.15) is 24.0 Å². The van der Waals surface area contributed by atoms with Crippen molar-refractivity contribution in [1.82, 2.24) is 9.66 Å². The molecular weight excluding hydrogens is 352 g/mol. The summed E-state index contributed by atoms with van der Waals surface area (Å²) >= 11 is 11.0. The number of aromatic nitrogens is 2. The zero-order chi connectivity index (χ0) is 17.6. The molecule has 0 bridgehead atoms. The van der Waals surface area contributed by atoms with Gasteiger partial charge in [-0.1, -0.05) is 23.7 Å². The summed E-state index contributed by atoms with van der Waals surface area (Å²) < 4.78 is 6.61. The van der Waals surface area contributed by atoms with Crippen LogP contribution in [0.5, 0.6) is 5.88 Å². The standard InChI is InChI=1S/C15H13ClN4O3S/c1-6-9(14(21)22)10(7-2-4-8(16)5-3-7)11-12(17)20(18)15(24)19-13(11)23-6/h2-5,10H,17-18H2,1H3,(H,21,22). The van der Waals surface area contributed by atoms with E-state index in [0.29, 0.717) is 16.1 Å². The number of nitrogens with two attached hydrogens (primary N) is 2. The van der Waals surface area contributed by atoms with Crippen LogP contribution in [0.25, 0.3) is 0 Å². The molecule has 0 saturated carbocycles. The maximum atomic E-state index is 11.8. The Hall–Kier alpha value is -2.58. The number of ether oxygens (including phenoxy) is 1. The number of benzene rings is 1. The molecule has 0 saturated heterocycles. The Morgan fingerprint density at radius 1 is 1.42 bits per heavy atom. The first-order valence-electron chi connectivity index (χ1n) is 6.86. The average molecular weight is 365 g/mol. The second-order valence-electron chi connectivity index (χ2n) is 5.23. The predicted octanol–water partition coefficient (Wildman–Crippen LogP) is 2.44. The summed E-state index contributed by atoms with van der Waals surface area (Å²) in [5.74, 6) is 4.44. The first kappa shape index (κ1) is 16.3. The van der Waals surface area contributed by atoms with Crippen molar-refractivity contribution < 1.29 is 14.6 Å². The summed E-state index contributed by atoms with van der Waals surface area (Å²) in [6.45, 7) is 1.56. The maximum absolute atomic E-state index is 11.8. The quantitative estimate of drug-likeness (QED) is 0.553. The predicted molar refractivity (Wildman–Crippen MR) is 91.9 cm³/mol. The van der Waals surface area contributed by atoms with E-state index >= 15 is 0 Å². The normalized spacial score (nSPS) is 16.5. The second-order valence-corrected chi connectivity index (χ2v) is 6.03. The minimum absolute atomic E-state index is 0.0349. The van der Waals surface area contributed by atoms with Gasteiger partial charge in [0.2, 0.25) is 10.7 Å². The number of nitrogen functional groups attached to an aromatic ring is 2. The molecule has 24 heavy (non-hydrogen) atoms. The molecule has 5 N–H and O–H groups in total. The molecule has 1 aliphatic heterocycles. The van der Waals surface area contributed by atoms with Gasteiger partial charge in [0.05, 0.1) is 17.1 Å². The van der Waals surface area contributed by atoms with Crippen molar-refractivity contribution >= 4 is 35.6 Å². The number of carboxylic acid groups (broad SMARTS) is 1. The van der Waals surface area contributed by atoms with Gasteiger partial charge in [0.1, 0.15) is 11.6 Å². The van der Waals surface area contributed by atoms with Gasteiger partial charge in [-0.15, -0.1) is 0 Å². The van der Waals surface area contributed by atoms with E-state index in [4.69, 9.17) is 40.1 Å². The van der Waals surface area contributed by atoms with E-state index in [1.807, 2.05) is 0 Å². The monoisotopic (exact) mass is 364 g/mol. The Morgan fingerprint density at radius 2 is 2.04 bits per heavy atom. The average Bonchev–Trinajstić information content (AvgIpc) is 2.52. The Labute approximate surface area is 147 Å². The lowest BCUT2D eigenvalue weighted by molar-refractivity contribution is -0.133. The first-order chi connectivity index (χ1) is 11.3. The molecule has 1 aromatic carbocycles. The van der Waals surface area contributed by atoms with Crippen molar-refractivity contribution in [3.05, 3.63) is 56.5 Å². The summed E-state index contributed by atoms with van der Waals surface area (Å²) in [4.78, 5) is 15.9. The summed E-state index contributed by atoms with van der Waals surface area (Å²) in [6.07, 6.45) is 0. The molecule has 0 radical (unpaired) electrons. The number of carbonyl (C=O) groups is 1. The highest BCUT2D eigenvalue weighted by atomic mass is 35.5. The van der Waals surface area contributed by atoms with Crippen LogP contribution in [0.2, 0.25) is 5.02 Å². The molecule has 1 aromatic heterocycles. The summed E-state index contributed by atoms with van der Waals surface area (Å²) in [6, 6.07) is 6.78. The molecule has 0 spiro atoms. The van der Waals surface area contributed by atoms with Crippen LogP contribution < -0.4 is 16.3 Å². The third-order valence-electron chi connectivity index (χ3n) is 3.81. The van der Waals surface area contributed by atoms with E-state index < -0.39 is 11.9 Å². The molecule has 7 nitrogen and oxygen atoms in total. The van der Waals surface area contributed by atoms with Crippen LogP contribution in [0, 0.1) is 4.77 Å². The summed E-state index contributed by atoms with van der Waals surface area (Å²) in [5, 5.41) is 10.2. The zero-order valence-electron chi connectivity index (χ0n) is 12.5. The van der Waals surface area contributed by atoms with Gasteiger partial charge in [-0.25, -0.2) is 9.47 Å². The largest absolute Gasteiger partial charge is 0.478 e. The summed E-state index contributed by atoms with van der Waals surface area (Å²) in [7, 11) is 0. The number of allylic oxidation sites excluding steroid dienone is 1. The van der Waals surface area contributed by atoms with E-state index in [2.05, 4.69) is 4.98 Å². The molecule has 0 fully saturated rings. The van der Waals surface area contributed by atoms with E-state index in [-0.39, 0.29) is 27.8 Å². The van der Waals surface area contributed by atoms with Crippen LogP contribution in [0.3, 0.4) is 0 Å². The van der Waals surface area contributed by atoms with Gasteiger partial charge >= 0.3 is 5.97 Å². The Bertz CT molecular complexity index is 937. The highest BCUT2D eigenvalue weighted by Gasteiger charge is 2.37. The number of carboxylic acids is 1. The SMILES string of the molecule is CC1=C(C(=O)O)C(c2ccc(Cl)cc2)c2c(nc(=S)n(N)c2N)O1. The van der Waals surface area contributed by atoms with Crippen molar-refractivity contribution in [3.63, 3.8) is 0 Å². The number of aliphatic carboxylic acids is 1. The third kappa shape index (κ3) is 2.49. The van der Waals surface area contributed by atoms with Gasteiger partial charge in [-0.3, -0.25) is 0 Å². The van der Waals surface area contributed by atoms with E-state index in [1.54, 1.807) is 31.2 Å². The van der Waals surface area contributed by atoms with Crippen molar-refractivity contribution in [2.24, 2.45) is 0 Å². The minimum Gasteiger partial charge on any atom is -0.478 e. The zero-order valence-corrected chi connectivity index (χ0v) is 14.1. The minimum atomic E-state index is -1.12. The van der Waals surface area contributed by atoms with Gasteiger partial charge in [-0.05, 0) is 36.8 Å². The van der Waals surface area contributed by atoms with Gasteiger partial charge in [0.15, 0.2) is 0 Å². The van der Waals surface area contributed by atoms with Gasteiger partial charge in [0, 0.05) is 5.02 Å². The molecule has 0 amide bonds. The van der Waals surface area contributed by atoms with Crippen molar-refractivity contribution in [1.29, 1.82) is 0 Å².